The summed E-state index contributed by atoms with van der Waals surface area (Å²) < 4.78 is 28.8. The maximum absolute atomic E-state index is 13.1. The van der Waals surface area contributed by atoms with Crippen molar-refractivity contribution in [2.24, 2.45) is 5.92 Å². The van der Waals surface area contributed by atoms with Gasteiger partial charge in [-0.2, -0.15) is 0 Å². The van der Waals surface area contributed by atoms with Gasteiger partial charge in [-0.05, 0) is 51.8 Å². The summed E-state index contributed by atoms with van der Waals surface area (Å²) in [5, 5.41) is 0. The van der Waals surface area contributed by atoms with Crippen molar-refractivity contribution < 1.29 is 33.3 Å². The molecule has 3 aliphatic heterocycles. The van der Waals surface area contributed by atoms with Crippen LogP contribution >= 0.6 is 0 Å². The van der Waals surface area contributed by atoms with Crippen LogP contribution < -0.4 is 9.47 Å². The molecule has 7 nitrogen and oxygen atoms in total. The molecular formula is C24H28O7. The van der Waals surface area contributed by atoms with Crippen LogP contribution in [0.3, 0.4) is 0 Å². The predicted octanol–water partition coefficient (Wildman–Crippen LogP) is 3.97. The van der Waals surface area contributed by atoms with E-state index >= 15 is 0 Å². The molecule has 1 fully saturated rings. The van der Waals surface area contributed by atoms with Gasteiger partial charge in [-0.25, -0.2) is 4.79 Å². The Kier molecular flexibility index (Phi) is 5.66. The molecule has 0 aliphatic carbocycles. The van der Waals surface area contributed by atoms with E-state index in [2.05, 4.69) is 0 Å². The molecule has 0 bridgehead atoms. The van der Waals surface area contributed by atoms with Crippen LogP contribution in [0.5, 0.6) is 11.5 Å². The smallest absolute Gasteiger partial charge is 0.339 e. The number of cyclic esters (lactones) is 1. The molecule has 0 radical (unpaired) electrons. The fourth-order valence-electron chi connectivity index (χ4n) is 4.03. The maximum atomic E-state index is 13.1. The Balaban J connectivity index is 1.78. The summed E-state index contributed by atoms with van der Waals surface area (Å²) in [5.41, 5.74) is 1.79. The summed E-state index contributed by atoms with van der Waals surface area (Å²) in [6.07, 6.45) is 5.78. The number of rotatable bonds is 0. The molecule has 3 heterocycles. The van der Waals surface area contributed by atoms with Crippen LogP contribution in [0, 0.1) is 12.8 Å². The number of carbonyl (C=O) groups excluding carboxylic acids is 2. The van der Waals surface area contributed by atoms with Gasteiger partial charge >= 0.3 is 5.97 Å². The van der Waals surface area contributed by atoms with Crippen molar-refractivity contribution in [1.29, 1.82) is 0 Å². The van der Waals surface area contributed by atoms with Crippen molar-refractivity contribution in [1.82, 2.24) is 0 Å². The van der Waals surface area contributed by atoms with Gasteiger partial charge in [0.1, 0.15) is 12.2 Å². The van der Waals surface area contributed by atoms with E-state index in [0.717, 1.165) is 5.56 Å². The topological polar surface area (TPSA) is 80.3 Å². The van der Waals surface area contributed by atoms with Crippen LogP contribution in [-0.2, 0) is 19.0 Å². The lowest BCUT2D eigenvalue weighted by Gasteiger charge is -2.20. The minimum atomic E-state index is -0.856. The van der Waals surface area contributed by atoms with Crippen molar-refractivity contribution >= 4 is 17.8 Å². The van der Waals surface area contributed by atoms with E-state index in [0.29, 0.717) is 29.0 Å². The summed E-state index contributed by atoms with van der Waals surface area (Å²) in [6, 6.07) is 1.79. The third-order valence-corrected chi connectivity index (χ3v) is 5.82. The van der Waals surface area contributed by atoms with E-state index in [4.69, 9.17) is 23.7 Å². The van der Waals surface area contributed by atoms with Crippen molar-refractivity contribution in [3.05, 3.63) is 41.0 Å². The highest BCUT2D eigenvalue weighted by molar-refractivity contribution is 5.97. The normalized spacial score (nSPS) is 30.9. The molecule has 0 spiro atoms. The van der Waals surface area contributed by atoms with Crippen molar-refractivity contribution in [3.63, 3.8) is 0 Å². The number of carbonyl (C=O) groups is 2. The quantitative estimate of drug-likeness (QED) is 0.579. The number of hydrogen-bond donors (Lipinski definition) is 0. The second-order valence-electron chi connectivity index (χ2n) is 8.68. The zero-order valence-electron chi connectivity index (χ0n) is 18.5. The molecule has 3 aliphatic rings. The molecule has 0 N–H and O–H groups in total. The number of fused-ring (bicyclic) bond motifs is 4. The average Bonchev–Trinajstić information content (AvgIpc) is 3.28. The molecule has 0 amide bonds. The molecule has 7 heteroatoms. The summed E-state index contributed by atoms with van der Waals surface area (Å²) in [4.78, 5) is 25.9. The number of hydrogen-bond acceptors (Lipinski definition) is 7. The van der Waals surface area contributed by atoms with Gasteiger partial charge in [-0.3, -0.25) is 4.79 Å². The van der Waals surface area contributed by atoms with Crippen LogP contribution in [0.15, 0.2) is 24.3 Å². The van der Waals surface area contributed by atoms with Gasteiger partial charge in [0.05, 0.1) is 11.7 Å². The second-order valence-corrected chi connectivity index (χ2v) is 8.68. The first kappa shape index (κ1) is 21.6. The molecule has 0 saturated carbocycles. The first-order valence-corrected chi connectivity index (χ1v) is 10.5. The number of aryl methyl sites for hydroxylation is 1. The summed E-state index contributed by atoms with van der Waals surface area (Å²) in [6.45, 7) is 9.23. The standard InChI is InChI=1S/C24H28O7/c1-13-9-10-17(25)22-18(30-24(4,5)31-22)8-6-7-16-20(23(26)29-15(13)3)14(2)11-19-21(16)28-12-27-19/h6-7,9-11,13,15,18,22H,8,12H2,1-5H3/b7-6?,10-9-/t13-,15+,18+,22-/m1/s1. The first-order chi connectivity index (χ1) is 14.7. The van der Waals surface area contributed by atoms with Gasteiger partial charge in [0.15, 0.2) is 23.1 Å². The number of ether oxygens (including phenoxy) is 5. The summed E-state index contributed by atoms with van der Waals surface area (Å²) in [5.74, 6) is -0.526. The van der Waals surface area contributed by atoms with Crippen molar-refractivity contribution in [2.45, 2.75) is 65.1 Å². The van der Waals surface area contributed by atoms with Crippen LogP contribution in [0.1, 0.15) is 55.6 Å². The second kappa shape index (κ2) is 8.13. The monoisotopic (exact) mass is 428 g/mol. The van der Waals surface area contributed by atoms with Gasteiger partial charge < -0.3 is 23.7 Å². The predicted molar refractivity (Wildman–Crippen MR) is 113 cm³/mol. The van der Waals surface area contributed by atoms with Gasteiger partial charge in [0.25, 0.3) is 0 Å². The minimum Gasteiger partial charge on any atom is -0.458 e. The molecule has 1 aromatic carbocycles. The number of ketones is 1. The first-order valence-electron chi connectivity index (χ1n) is 10.5. The minimum absolute atomic E-state index is 0.0939. The molecule has 0 aromatic heterocycles. The van der Waals surface area contributed by atoms with Crippen LogP contribution in [0.2, 0.25) is 0 Å². The maximum Gasteiger partial charge on any atom is 0.339 e. The van der Waals surface area contributed by atoms with E-state index in [1.807, 2.05) is 32.9 Å². The third-order valence-electron chi connectivity index (χ3n) is 5.82. The Bertz CT molecular complexity index is 959. The highest BCUT2D eigenvalue weighted by Crippen LogP contribution is 2.41. The van der Waals surface area contributed by atoms with Gasteiger partial charge in [-0.15, -0.1) is 0 Å². The fourth-order valence-corrected chi connectivity index (χ4v) is 4.03. The fraction of sp³-hybridized carbons (Fsp3) is 0.500. The highest BCUT2D eigenvalue weighted by Gasteiger charge is 2.43. The lowest BCUT2D eigenvalue weighted by atomic mass is 9.97. The van der Waals surface area contributed by atoms with E-state index in [1.165, 1.54) is 6.08 Å². The van der Waals surface area contributed by atoms with Gasteiger partial charge in [-0.1, -0.05) is 25.2 Å². The highest BCUT2D eigenvalue weighted by atomic mass is 16.8. The largest absolute Gasteiger partial charge is 0.458 e. The van der Waals surface area contributed by atoms with E-state index in [9.17, 15) is 9.59 Å². The SMILES string of the molecule is Cc1cc2c(c3c1C(=O)O[C@@H](C)[C@H](C)/C=C\C(=O)[C@H]1OC(C)(C)O[C@H]1CC=C3)OCO2. The van der Waals surface area contributed by atoms with Crippen molar-refractivity contribution in [3.8, 4) is 11.5 Å². The van der Waals surface area contributed by atoms with Crippen molar-refractivity contribution in [2.75, 3.05) is 6.79 Å². The van der Waals surface area contributed by atoms with Crippen LogP contribution in [0.4, 0.5) is 0 Å². The Morgan fingerprint density at radius 1 is 1.06 bits per heavy atom. The van der Waals surface area contributed by atoms with Gasteiger partial charge in [0, 0.05) is 11.5 Å². The van der Waals surface area contributed by atoms with Crippen LogP contribution in [-0.4, -0.2) is 42.6 Å². The molecular weight excluding hydrogens is 400 g/mol. The Morgan fingerprint density at radius 2 is 1.84 bits per heavy atom. The Hall–Kier alpha value is -2.64. The summed E-state index contributed by atoms with van der Waals surface area (Å²) in [7, 11) is 0. The molecule has 4 rings (SSSR count). The molecule has 166 valence electrons. The van der Waals surface area contributed by atoms with Gasteiger partial charge in [0.2, 0.25) is 6.79 Å². The van der Waals surface area contributed by atoms with E-state index in [1.54, 1.807) is 26.0 Å². The molecule has 31 heavy (non-hydrogen) atoms. The molecule has 1 aromatic rings. The van der Waals surface area contributed by atoms with E-state index in [-0.39, 0.29) is 18.5 Å². The Labute approximate surface area is 181 Å². The Morgan fingerprint density at radius 3 is 2.61 bits per heavy atom. The molecule has 1 saturated heterocycles. The average molecular weight is 428 g/mol. The third kappa shape index (κ3) is 4.25. The zero-order valence-corrected chi connectivity index (χ0v) is 18.5. The van der Waals surface area contributed by atoms with Crippen LogP contribution in [0.25, 0.3) is 6.08 Å². The molecule has 0 unspecified atom stereocenters. The van der Waals surface area contributed by atoms with E-state index < -0.39 is 30.1 Å². The summed E-state index contributed by atoms with van der Waals surface area (Å²) >= 11 is 0. The molecule has 4 atom stereocenters. The lowest BCUT2D eigenvalue weighted by Crippen LogP contribution is -2.30. The number of benzene rings is 1. The lowest BCUT2D eigenvalue weighted by molar-refractivity contribution is -0.152. The number of esters is 1. The zero-order chi connectivity index (χ0) is 22.3.